The number of imidazole rings is 1. The topological polar surface area (TPSA) is 64.4 Å². The molecule has 0 spiro atoms. The Morgan fingerprint density at radius 3 is 2.71 bits per heavy atom. The van der Waals surface area contributed by atoms with E-state index in [0.29, 0.717) is 0 Å². The third-order valence-electron chi connectivity index (χ3n) is 2.99. The van der Waals surface area contributed by atoms with Crippen LogP contribution >= 0.6 is 11.8 Å². The first-order valence-electron chi connectivity index (χ1n) is 6.60. The molecule has 0 atom stereocenters. The van der Waals surface area contributed by atoms with Gasteiger partial charge >= 0.3 is 5.97 Å². The van der Waals surface area contributed by atoms with Crippen molar-refractivity contribution in [2.75, 3.05) is 12.9 Å². The van der Waals surface area contributed by atoms with Gasteiger partial charge < -0.3 is 14.4 Å². The lowest BCUT2D eigenvalue weighted by Crippen LogP contribution is -2.04. The first kappa shape index (κ1) is 15.4. The summed E-state index contributed by atoms with van der Waals surface area (Å²) in [5, 5.41) is 9.51. The van der Waals surface area contributed by atoms with Gasteiger partial charge in [-0.05, 0) is 31.0 Å². The number of aliphatic carboxylic acids is 1. The van der Waals surface area contributed by atoms with Gasteiger partial charge in [-0.25, -0.2) is 4.98 Å². The van der Waals surface area contributed by atoms with Crippen molar-refractivity contribution in [3.8, 4) is 5.75 Å². The Morgan fingerprint density at radius 1 is 1.38 bits per heavy atom. The van der Waals surface area contributed by atoms with Crippen molar-refractivity contribution in [1.29, 1.82) is 0 Å². The molecule has 1 aromatic heterocycles. The molecule has 0 bridgehead atoms. The fourth-order valence-corrected chi connectivity index (χ4v) is 2.74. The summed E-state index contributed by atoms with van der Waals surface area (Å²) in [6.45, 7) is 2.68. The highest BCUT2D eigenvalue weighted by molar-refractivity contribution is 7.99. The zero-order chi connectivity index (χ0) is 15.2. The zero-order valence-corrected chi connectivity index (χ0v) is 12.9. The Morgan fingerprint density at radius 2 is 2.10 bits per heavy atom. The average molecular weight is 306 g/mol. The predicted molar refractivity (Wildman–Crippen MR) is 82.0 cm³/mol. The molecule has 6 heteroatoms. The molecule has 0 aliphatic rings. The number of thioether (sulfide) groups is 1. The fourth-order valence-electron chi connectivity index (χ4n) is 1.97. The molecule has 21 heavy (non-hydrogen) atoms. The number of benzene rings is 1. The Bertz CT molecular complexity index is 608. The number of aromatic nitrogens is 2. The van der Waals surface area contributed by atoms with E-state index in [1.54, 1.807) is 7.11 Å². The van der Waals surface area contributed by atoms with Crippen molar-refractivity contribution in [3.63, 3.8) is 0 Å². The number of ether oxygens (including phenoxy) is 1. The van der Waals surface area contributed by atoms with Crippen LogP contribution in [0, 0.1) is 6.92 Å². The van der Waals surface area contributed by atoms with E-state index in [9.17, 15) is 4.79 Å². The lowest BCUT2D eigenvalue weighted by Gasteiger charge is -2.07. The molecular formula is C15H18N2O3S. The molecule has 1 N–H and O–H groups in total. The second-order valence-corrected chi connectivity index (χ2v) is 5.58. The van der Waals surface area contributed by atoms with Crippen molar-refractivity contribution >= 4 is 17.7 Å². The van der Waals surface area contributed by atoms with E-state index in [-0.39, 0.29) is 5.75 Å². The average Bonchev–Trinajstić information content (AvgIpc) is 2.83. The molecule has 0 aliphatic heterocycles. The van der Waals surface area contributed by atoms with Crippen LogP contribution in [-0.2, 0) is 17.8 Å². The van der Waals surface area contributed by atoms with Gasteiger partial charge in [0, 0.05) is 12.7 Å². The molecule has 0 radical (unpaired) electrons. The minimum atomic E-state index is -0.831. The minimum Gasteiger partial charge on any atom is -0.497 e. The smallest absolute Gasteiger partial charge is 0.313 e. The quantitative estimate of drug-likeness (QED) is 0.797. The van der Waals surface area contributed by atoms with Crippen LogP contribution in [0.2, 0.25) is 0 Å². The monoisotopic (exact) mass is 306 g/mol. The van der Waals surface area contributed by atoms with Crippen molar-refractivity contribution < 1.29 is 14.6 Å². The molecule has 0 aliphatic carbocycles. The van der Waals surface area contributed by atoms with Crippen LogP contribution in [0.15, 0.2) is 35.6 Å². The van der Waals surface area contributed by atoms with E-state index in [4.69, 9.17) is 9.84 Å². The van der Waals surface area contributed by atoms with Crippen molar-refractivity contribution in [2.24, 2.45) is 0 Å². The van der Waals surface area contributed by atoms with E-state index >= 15 is 0 Å². The first-order chi connectivity index (χ1) is 10.1. The molecule has 1 heterocycles. The van der Waals surface area contributed by atoms with Crippen molar-refractivity contribution in [3.05, 3.63) is 41.7 Å². The van der Waals surface area contributed by atoms with Crippen molar-refractivity contribution in [2.45, 2.75) is 25.0 Å². The molecule has 5 nitrogen and oxygen atoms in total. The summed E-state index contributed by atoms with van der Waals surface area (Å²) in [6, 6.07) is 7.95. The van der Waals surface area contributed by atoms with Gasteiger partial charge in [0.1, 0.15) is 5.75 Å². The highest BCUT2D eigenvalue weighted by Crippen LogP contribution is 2.19. The fraction of sp³-hybridized carbons (Fsp3) is 0.333. The highest BCUT2D eigenvalue weighted by Gasteiger charge is 2.08. The van der Waals surface area contributed by atoms with Gasteiger partial charge in [-0.1, -0.05) is 23.9 Å². The number of carboxylic acids is 1. The number of nitrogens with zero attached hydrogens (tertiary/aromatic N) is 2. The zero-order valence-electron chi connectivity index (χ0n) is 12.1. The summed E-state index contributed by atoms with van der Waals surface area (Å²) >= 11 is 1.25. The van der Waals surface area contributed by atoms with Crippen LogP contribution in [0.5, 0.6) is 5.75 Å². The number of aryl methyl sites for hydroxylation is 3. The van der Waals surface area contributed by atoms with Gasteiger partial charge in [0.15, 0.2) is 5.16 Å². The van der Waals surface area contributed by atoms with E-state index in [1.807, 2.05) is 42.0 Å². The van der Waals surface area contributed by atoms with Gasteiger partial charge in [-0.15, -0.1) is 0 Å². The van der Waals surface area contributed by atoms with E-state index in [1.165, 1.54) is 17.3 Å². The Labute approximate surface area is 128 Å². The van der Waals surface area contributed by atoms with Gasteiger partial charge in [-0.3, -0.25) is 4.79 Å². The number of hydrogen-bond donors (Lipinski definition) is 1. The standard InChI is InChI=1S/C15H18N2O3S/c1-11-9-17(15(16-11)21-10-14(18)19)8-7-12-3-5-13(20-2)6-4-12/h3-6,9H,7-8,10H2,1-2H3,(H,18,19). The van der Waals surface area contributed by atoms with Crippen LogP contribution in [0.1, 0.15) is 11.3 Å². The number of methoxy groups -OCH3 is 1. The maximum absolute atomic E-state index is 10.7. The van der Waals surface area contributed by atoms with Gasteiger partial charge in [0.2, 0.25) is 0 Å². The van der Waals surface area contributed by atoms with Gasteiger partial charge in [0.05, 0.1) is 18.6 Å². The molecular weight excluding hydrogens is 288 g/mol. The second-order valence-electron chi connectivity index (χ2n) is 4.64. The Hall–Kier alpha value is -1.95. The summed E-state index contributed by atoms with van der Waals surface area (Å²) in [4.78, 5) is 15.0. The van der Waals surface area contributed by atoms with E-state index < -0.39 is 5.97 Å². The molecule has 0 unspecified atom stereocenters. The molecule has 0 saturated heterocycles. The molecule has 2 aromatic rings. The maximum atomic E-state index is 10.7. The lowest BCUT2D eigenvalue weighted by molar-refractivity contribution is -0.133. The van der Waals surface area contributed by atoms with Crippen LogP contribution in [-0.4, -0.2) is 33.5 Å². The number of rotatable bonds is 7. The van der Waals surface area contributed by atoms with Crippen LogP contribution < -0.4 is 4.74 Å². The molecule has 0 saturated carbocycles. The normalized spacial score (nSPS) is 10.6. The van der Waals surface area contributed by atoms with Crippen LogP contribution in [0.25, 0.3) is 0 Å². The van der Waals surface area contributed by atoms with Gasteiger partial charge in [0.25, 0.3) is 0 Å². The van der Waals surface area contributed by atoms with Crippen LogP contribution in [0.4, 0.5) is 0 Å². The Balaban J connectivity index is 1.99. The summed E-state index contributed by atoms with van der Waals surface area (Å²) in [5.41, 5.74) is 2.11. The maximum Gasteiger partial charge on any atom is 0.313 e. The summed E-state index contributed by atoms with van der Waals surface area (Å²) in [7, 11) is 1.65. The largest absolute Gasteiger partial charge is 0.497 e. The Kier molecular flexibility index (Phi) is 5.27. The minimum absolute atomic E-state index is 0.0268. The van der Waals surface area contributed by atoms with Crippen molar-refractivity contribution in [1.82, 2.24) is 9.55 Å². The predicted octanol–water partition coefficient (Wildman–Crippen LogP) is 2.62. The number of hydrogen-bond acceptors (Lipinski definition) is 4. The van der Waals surface area contributed by atoms with E-state index in [0.717, 1.165) is 29.6 Å². The SMILES string of the molecule is COc1ccc(CCn2cc(C)nc2SCC(=O)O)cc1. The third-order valence-corrected chi connectivity index (χ3v) is 3.96. The first-order valence-corrected chi connectivity index (χ1v) is 7.58. The second kappa shape index (κ2) is 7.17. The number of carbonyl (C=O) groups is 1. The summed E-state index contributed by atoms with van der Waals surface area (Å²) < 4.78 is 7.14. The van der Waals surface area contributed by atoms with Gasteiger partial charge in [-0.2, -0.15) is 0 Å². The number of carboxylic acid groups (broad SMARTS) is 1. The molecule has 1 aromatic carbocycles. The molecule has 0 amide bonds. The van der Waals surface area contributed by atoms with E-state index in [2.05, 4.69) is 4.98 Å². The van der Waals surface area contributed by atoms with Crippen LogP contribution in [0.3, 0.4) is 0 Å². The summed E-state index contributed by atoms with van der Waals surface area (Å²) in [6.07, 6.45) is 2.81. The summed E-state index contributed by atoms with van der Waals surface area (Å²) in [5.74, 6) is 0.0382. The molecule has 2 rings (SSSR count). The lowest BCUT2D eigenvalue weighted by atomic mass is 10.1. The third kappa shape index (κ3) is 4.53. The molecule has 0 fully saturated rings. The highest BCUT2D eigenvalue weighted by atomic mass is 32.2. The molecule has 112 valence electrons.